The van der Waals surface area contributed by atoms with E-state index in [1.165, 1.54) is 6.07 Å². The molecule has 0 aliphatic rings. The minimum Gasteiger partial charge on any atom is -0.397 e. The van der Waals surface area contributed by atoms with Crippen LogP contribution < -0.4 is 11.1 Å². The van der Waals surface area contributed by atoms with E-state index < -0.39 is 11.6 Å². The lowest BCUT2D eigenvalue weighted by atomic mass is 10.1. The first-order valence-electron chi connectivity index (χ1n) is 5.46. The first-order chi connectivity index (χ1) is 8.59. The Morgan fingerprint density at radius 1 is 1.28 bits per heavy atom. The largest absolute Gasteiger partial charge is 0.397 e. The van der Waals surface area contributed by atoms with Crippen LogP contribution >= 0.6 is 0 Å². The van der Waals surface area contributed by atoms with Gasteiger partial charge >= 0.3 is 0 Å². The number of aromatic nitrogens is 1. The molecule has 0 atom stereocenters. The molecule has 0 radical (unpaired) electrons. The molecule has 0 spiro atoms. The quantitative estimate of drug-likeness (QED) is 0.822. The molecule has 18 heavy (non-hydrogen) atoms. The molecule has 0 amide bonds. The van der Waals surface area contributed by atoms with Gasteiger partial charge in [0, 0.05) is 18.9 Å². The van der Waals surface area contributed by atoms with Crippen LogP contribution in [0.5, 0.6) is 0 Å². The highest BCUT2D eigenvalue weighted by molar-refractivity contribution is 5.66. The standard InChI is InChI=1S/C13H13F2N3/c1-8-4-5-17-6-9(8)7-18-13-11(16)3-2-10(14)12(13)15/h2-6,18H,7,16H2,1H3. The van der Waals surface area contributed by atoms with Crippen molar-refractivity contribution < 1.29 is 8.78 Å². The van der Waals surface area contributed by atoms with Crippen LogP contribution in [-0.4, -0.2) is 4.98 Å². The Kier molecular flexibility index (Phi) is 3.41. The Morgan fingerprint density at radius 2 is 2.06 bits per heavy atom. The third-order valence-corrected chi connectivity index (χ3v) is 2.73. The maximum Gasteiger partial charge on any atom is 0.183 e. The Hall–Kier alpha value is -2.17. The van der Waals surface area contributed by atoms with Crippen LogP contribution in [0.2, 0.25) is 0 Å². The number of benzene rings is 1. The predicted octanol–water partition coefficient (Wildman–Crippen LogP) is 2.86. The first kappa shape index (κ1) is 12.3. The minimum atomic E-state index is -0.962. The van der Waals surface area contributed by atoms with E-state index in [9.17, 15) is 8.78 Å². The Labute approximate surface area is 104 Å². The van der Waals surface area contributed by atoms with Crippen LogP contribution in [0, 0.1) is 18.6 Å². The lowest BCUT2D eigenvalue weighted by Crippen LogP contribution is -2.07. The van der Waals surface area contributed by atoms with Crippen molar-refractivity contribution in [3.63, 3.8) is 0 Å². The van der Waals surface area contributed by atoms with Gasteiger partial charge in [-0.3, -0.25) is 4.98 Å². The van der Waals surface area contributed by atoms with Gasteiger partial charge in [-0.1, -0.05) is 0 Å². The summed E-state index contributed by atoms with van der Waals surface area (Å²) in [6.45, 7) is 2.26. The summed E-state index contributed by atoms with van der Waals surface area (Å²) in [5.74, 6) is -1.88. The molecular formula is C13H13F2N3. The molecule has 0 unspecified atom stereocenters. The summed E-state index contributed by atoms with van der Waals surface area (Å²) in [5.41, 5.74) is 7.69. The molecule has 0 saturated heterocycles. The zero-order chi connectivity index (χ0) is 13.1. The average Bonchev–Trinajstić information content (AvgIpc) is 2.36. The summed E-state index contributed by atoms with van der Waals surface area (Å²) >= 11 is 0. The molecule has 3 nitrogen and oxygen atoms in total. The summed E-state index contributed by atoms with van der Waals surface area (Å²) in [7, 11) is 0. The SMILES string of the molecule is Cc1ccncc1CNc1c(N)ccc(F)c1F. The van der Waals surface area contributed by atoms with Crippen molar-refractivity contribution in [2.45, 2.75) is 13.5 Å². The third kappa shape index (κ3) is 2.40. The number of nitrogens with zero attached hydrogens (tertiary/aromatic N) is 1. The van der Waals surface area contributed by atoms with E-state index >= 15 is 0 Å². The number of nitrogen functional groups attached to an aromatic ring is 1. The topological polar surface area (TPSA) is 50.9 Å². The number of nitrogens with two attached hydrogens (primary N) is 1. The molecule has 5 heteroatoms. The van der Waals surface area contributed by atoms with Crippen molar-refractivity contribution in [1.82, 2.24) is 4.98 Å². The van der Waals surface area contributed by atoms with E-state index in [0.29, 0.717) is 6.54 Å². The molecule has 1 aromatic heterocycles. The van der Waals surface area contributed by atoms with Crippen LogP contribution in [0.15, 0.2) is 30.6 Å². The number of hydrogen-bond donors (Lipinski definition) is 2. The van der Waals surface area contributed by atoms with Crippen molar-refractivity contribution in [3.05, 3.63) is 53.4 Å². The Morgan fingerprint density at radius 3 is 2.78 bits per heavy atom. The van der Waals surface area contributed by atoms with Gasteiger partial charge in [0.1, 0.15) is 0 Å². The van der Waals surface area contributed by atoms with Gasteiger partial charge in [0.2, 0.25) is 0 Å². The molecule has 0 aliphatic heterocycles. The number of aryl methyl sites for hydroxylation is 1. The van der Waals surface area contributed by atoms with Gasteiger partial charge in [0.05, 0.1) is 11.4 Å². The number of halogens is 2. The second kappa shape index (κ2) is 5.00. The number of pyridine rings is 1. The maximum atomic E-state index is 13.5. The van der Waals surface area contributed by atoms with Gasteiger partial charge in [-0.05, 0) is 36.2 Å². The van der Waals surface area contributed by atoms with E-state index in [0.717, 1.165) is 17.2 Å². The monoisotopic (exact) mass is 249 g/mol. The Balaban J connectivity index is 2.21. The van der Waals surface area contributed by atoms with Crippen molar-refractivity contribution in [1.29, 1.82) is 0 Å². The summed E-state index contributed by atoms with van der Waals surface area (Å²) in [5, 5.41) is 2.80. The fourth-order valence-corrected chi connectivity index (χ4v) is 1.61. The van der Waals surface area contributed by atoms with E-state index in [1.807, 2.05) is 13.0 Å². The Bertz CT molecular complexity index is 570. The van der Waals surface area contributed by atoms with Gasteiger partial charge in [-0.15, -0.1) is 0 Å². The highest BCUT2D eigenvalue weighted by atomic mass is 19.2. The molecule has 0 fully saturated rings. The number of nitrogens with one attached hydrogen (secondary N) is 1. The van der Waals surface area contributed by atoms with Crippen LogP contribution in [0.4, 0.5) is 20.2 Å². The first-order valence-corrected chi connectivity index (χ1v) is 5.46. The second-order valence-corrected chi connectivity index (χ2v) is 3.98. The molecule has 2 aromatic rings. The molecule has 0 bridgehead atoms. The van der Waals surface area contributed by atoms with Crippen LogP contribution in [0.3, 0.4) is 0 Å². The zero-order valence-corrected chi connectivity index (χ0v) is 9.87. The second-order valence-electron chi connectivity index (χ2n) is 3.98. The number of anilines is 2. The summed E-state index contributed by atoms with van der Waals surface area (Å²) in [6.07, 6.45) is 3.35. The summed E-state index contributed by atoms with van der Waals surface area (Å²) in [4.78, 5) is 3.98. The van der Waals surface area contributed by atoms with Gasteiger partial charge in [-0.25, -0.2) is 8.78 Å². The summed E-state index contributed by atoms with van der Waals surface area (Å²) < 4.78 is 26.6. The lowest BCUT2D eigenvalue weighted by molar-refractivity contribution is 0.511. The summed E-state index contributed by atoms with van der Waals surface area (Å²) in [6, 6.07) is 4.18. The highest BCUT2D eigenvalue weighted by Gasteiger charge is 2.11. The number of rotatable bonds is 3. The van der Waals surface area contributed by atoms with Gasteiger partial charge in [0.25, 0.3) is 0 Å². The van der Waals surface area contributed by atoms with Crippen molar-refractivity contribution in [2.75, 3.05) is 11.1 Å². The molecular weight excluding hydrogens is 236 g/mol. The smallest absolute Gasteiger partial charge is 0.183 e. The maximum absolute atomic E-state index is 13.5. The molecule has 2 rings (SSSR count). The molecule has 1 aromatic carbocycles. The van der Waals surface area contributed by atoms with Gasteiger partial charge in [0.15, 0.2) is 11.6 Å². The fourth-order valence-electron chi connectivity index (χ4n) is 1.61. The molecule has 94 valence electrons. The van der Waals surface area contributed by atoms with E-state index in [4.69, 9.17) is 5.73 Å². The molecule has 3 N–H and O–H groups in total. The predicted molar refractivity (Wildman–Crippen MR) is 67.1 cm³/mol. The highest BCUT2D eigenvalue weighted by Crippen LogP contribution is 2.25. The van der Waals surface area contributed by atoms with Crippen molar-refractivity contribution in [2.24, 2.45) is 0 Å². The van der Waals surface area contributed by atoms with E-state index in [2.05, 4.69) is 10.3 Å². The molecule has 0 saturated carbocycles. The molecule has 1 heterocycles. The number of hydrogen-bond acceptors (Lipinski definition) is 3. The van der Waals surface area contributed by atoms with Crippen molar-refractivity contribution >= 4 is 11.4 Å². The van der Waals surface area contributed by atoms with Crippen LogP contribution in [0.1, 0.15) is 11.1 Å². The van der Waals surface area contributed by atoms with Gasteiger partial charge < -0.3 is 11.1 Å². The van der Waals surface area contributed by atoms with Crippen molar-refractivity contribution in [3.8, 4) is 0 Å². The normalized spacial score (nSPS) is 10.4. The third-order valence-electron chi connectivity index (χ3n) is 2.73. The molecule has 0 aliphatic carbocycles. The average molecular weight is 249 g/mol. The van der Waals surface area contributed by atoms with Crippen LogP contribution in [-0.2, 0) is 6.54 Å². The van der Waals surface area contributed by atoms with E-state index in [-0.39, 0.29) is 11.4 Å². The van der Waals surface area contributed by atoms with E-state index in [1.54, 1.807) is 12.4 Å². The van der Waals surface area contributed by atoms with Gasteiger partial charge in [-0.2, -0.15) is 0 Å². The zero-order valence-electron chi connectivity index (χ0n) is 9.87. The lowest BCUT2D eigenvalue weighted by Gasteiger charge is -2.11. The van der Waals surface area contributed by atoms with Crippen LogP contribution in [0.25, 0.3) is 0 Å². The fraction of sp³-hybridized carbons (Fsp3) is 0.154. The minimum absolute atomic E-state index is 0.0155.